The second-order valence-electron chi connectivity index (χ2n) is 13.2. The maximum absolute atomic E-state index is 14.5. The molecule has 0 spiro atoms. The van der Waals surface area contributed by atoms with Gasteiger partial charge in [0.25, 0.3) is 0 Å². The van der Waals surface area contributed by atoms with Crippen molar-refractivity contribution in [2.45, 2.75) is 38.3 Å². The summed E-state index contributed by atoms with van der Waals surface area (Å²) in [5, 5.41) is 20.9. The first-order chi connectivity index (χ1) is 26.3. The van der Waals surface area contributed by atoms with Gasteiger partial charge in [0.05, 0.1) is 25.2 Å². The molecular formula is C40H35FN8O5. The Morgan fingerprint density at radius 2 is 1.69 bits per heavy atom. The van der Waals surface area contributed by atoms with Gasteiger partial charge in [0, 0.05) is 36.7 Å². The summed E-state index contributed by atoms with van der Waals surface area (Å²) < 4.78 is 19.2. The van der Waals surface area contributed by atoms with E-state index in [0.29, 0.717) is 5.56 Å². The van der Waals surface area contributed by atoms with Crippen molar-refractivity contribution in [3.63, 3.8) is 0 Å². The lowest BCUT2D eigenvalue weighted by atomic mass is 9.98. The number of nitrogens with one attached hydrogen (secondary N) is 1. The third-order valence-electron chi connectivity index (χ3n) is 9.68. The number of hydrogen-bond donors (Lipinski definition) is 2. The van der Waals surface area contributed by atoms with Gasteiger partial charge in [0.1, 0.15) is 23.8 Å². The van der Waals surface area contributed by atoms with Gasteiger partial charge in [-0.25, -0.2) is 14.2 Å². The molecule has 54 heavy (non-hydrogen) atoms. The van der Waals surface area contributed by atoms with E-state index in [2.05, 4.69) is 20.4 Å². The number of phenolic OH excluding ortho intramolecular Hbond substituents is 1. The first-order valence-electron chi connectivity index (χ1n) is 17.5. The molecule has 2 aromatic heterocycles. The summed E-state index contributed by atoms with van der Waals surface area (Å²) in [7, 11) is 0. The number of aromatic hydroxyl groups is 1. The quantitative estimate of drug-likeness (QED) is 0.213. The summed E-state index contributed by atoms with van der Waals surface area (Å²) in [6.45, 7) is 0.0544. The van der Waals surface area contributed by atoms with Crippen molar-refractivity contribution in [3.05, 3.63) is 144 Å². The van der Waals surface area contributed by atoms with Crippen LogP contribution in [0.5, 0.6) is 5.75 Å². The van der Waals surface area contributed by atoms with Crippen molar-refractivity contribution >= 4 is 28.7 Å². The van der Waals surface area contributed by atoms with Crippen molar-refractivity contribution in [2.24, 2.45) is 0 Å². The lowest BCUT2D eigenvalue weighted by Gasteiger charge is -2.55. The fourth-order valence-electron chi connectivity index (χ4n) is 7.09. The van der Waals surface area contributed by atoms with E-state index in [0.717, 1.165) is 27.6 Å². The van der Waals surface area contributed by atoms with Crippen LogP contribution in [0.3, 0.4) is 0 Å². The van der Waals surface area contributed by atoms with E-state index in [9.17, 15) is 23.9 Å². The van der Waals surface area contributed by atoms with Gasteiger partial charge in [-0.05, 0) is 65.2 Å². The minimum absolute atomic E-state index is 0.00716. The normalized spacial score (nSPS) is 17.5. The molecule has 4 heterocycles. The zero-order valence-electron chi connectivity index (χ0n) is 29.0. The number of hydrogen-bond acceptors (Lipinski definition) is 9. The molecule has 2 atom stereocenters. The maximum atomic E-state index is 14.5. The van der Waals surface area contributed by atoms with Crippen LogP contribution >= 0.6 is 0 Å². The number of benzene rings is 4. The lowest BCUT2D eigenvalue weighted by molar-refractivity contribution is -0.193. The molecular weight excluding hydrogens is 691 g/mol. The Morgan fingerprint density at radius 3 is 2.48 bits per heavy atom. The average Bonchev–Trinajstić information content (AvgIpc) is 3.65. The molecule has 0 unspecified atom stereocenters. The molecule has 4 aromatic carbocycles. The minimum atomic E-state index is -0.964. The molecule has 2 fully saturated rings. The number of carbonyl (C=O) groups excluding carboxylic acids is 3. The molecule has 0 saturated carbocycles. The Balaban J connectivity index is 1.16. The smallest absolute Gasteiger partial charge is 0.334 e. The Labute approximate surface area is 309 Å². The summed E-state index contributed by atoms with van der Waals surface area (Å²) in [6, 6.07) is 29.7. The predicted octanol–water partition coefficient (Wildman–Crippen LogP) is 4.88. The standard InChI is InChI=1S/C40H35FN8O5/c41-30-15-13-28(14-16-30)38-44-35(54-45-38)23-47-25-37(51)48-34(20-26-11-17-31(50)18-12-26)39(52)46(22-29-8-4-10-33-32(29)9-5-19-42-33)24-36(48)49(47)40(53)43-21-27-6-2-1-3-7-27/h1-19,34,36,50H,20-25H2,(H,43,53)/t34-,36-/m0/s1. The van der Waals surface area contributed by atoms with Gasteiger partial charge in [-0.2, -0.15) is 9.99 Å². The Kier molecular flexibility index (Phi) is 9.40. The molecule has 8 rings (SSSR count). The molecule has 6 aromatic rings. The molecule has 0 bridgehead atoms. The monoisotopic (exact) mass is 726 g/mol. The second kappa shape index (κ2) is 14.8. The number of urea groups is 1. The Bertz CT molecular complexity index is 2300. The predicted molar refractivity (Wildman–Crippen MR) is 194 cm³/mol. The molecule has 272 valence electrons. The minimum Gasteiger partial charge on any atom is -0.508 e. The van der Waals surface area contributed by atoms with Crippen LogP contribution in [0.25, 0.3) is 22.3 Å². The van der Waals surface area contributed by atoms with E-state index >= 15 is 0 Å². The van der Waals surface area contributed by atoms with Crippen molar-refractivity contribution in [2.75, 3.05) is 13.1 Å². The van der Waals surface area contributed by atoms with Gasteiger partial charge in [0.2, 0.25) is 23.5 Å². The fraction of sp³-hybridized carbons (Fsp3) is 0.200. The number of halogens is 1. The SMILES string of the molecule is O=C1[C@H](Cc2ccc(O)cc2)N2C(=O)CN(Cc3nc(-c4ccc(F)cc4)no3)N(C(=O)NCc3ccccc3)[C@H]2CN1Cc1cccc2ncccc12. The molecule has 2 aliphatic heterocycles. The van der Waals surface area contributed by atoms with Crippen LogP contribution in [0, 0.1) is 5.82 Å². The van der Waals surface area contributed by atoms with Crippen molar-refractivity contribution in [3.8, 4) is 17.1 Å². The summed E-state index contributed by atoms with van der Waals surface area (Å²) in [4.78, 5) is 55.4. The number of amides is 4. The van der Waals surface area contributed by atoms with Crippen LogP contribution in [0.1, 0.15) is 22.6 Å². The maximum Gasteiger partial charge on any atom is 0.334 e. The highest BCUT2D eigenvalue weighted by molar-refractivity contribution is 5.92. The summed E-state index contributed by atoms with van der Waals surface area (Å²) >= 11 is 0. The molecule has 2 saturated heterocycles. The van der Waals surface area contributed by atoms with Crippen LogP contribution in [0.4, 0.5) is 9.18 Å². The average molecular weight is 727 g/mol. The van der Waals surface area contributed by atoms with Gasteiger partial charge in [-0.15, -0.1) is 0 Å². The Morgan fingerprint density at radius 1 is 0.889 bits per heavy atom. The van der Waals surface area contributed by atoms with Gasteiger partial charge >= 0.3 is 6.03 Å². The number of fused-ring (bicyclic) bond motifs is 2. The van der Waals surface area contributed by atoms with E-state index in [4.69, 9.17) is 4.52 Å². The van der Waals surface area contributed by atoms with Crippen molar-refractivity contribution in [1.29, 1.82) is 0 Å². The number of phenols is 1. The number of aromatic nitrogens is 3. The number of rotatable bonds is 9. The molecule has 4 amide bonds. The second-order valence-corrected chi connectivity index (χ2v) is 13.2. The van der Waals surface area contributed by atoms with E-state index in [1.807, 2.05) is 60.7 Å². The van der Waals surface area contributed by atoms with Gasteiger partial charge in [-0.3, -0.25) is 14.6 Å². The van der Waals surface area contributed by atoms with Crippen molar-refractivity contribution < 1.29 is 28.4 Å². The van der Waals surface area contributed by atoms with E-state index < -0.39 is 24.1 Å². The molecule has 0 aliphatic carbocycles. The zero-order valence-corrected chi connectivity index (χ0v) is 29.0. The van der Waals surface area contributed by atoms with E-state index in [-0.39, 0.29) is 68.4 Å². The molecule has 13 nitrogen and oxygen atoms in total. The number of pyridine rings is 1. The molecule has 0 radical (unpaired) electrons. The van der Waals surface area contributed by atoms with E-state index in [1.165, 1.54) is 46.3 Å². The number of piperazine rings is 1. The third-order valence-corrected chi connectivity index (χ3v) is 9.68. The highest BCUT2D eigenvalue weighted by Gasteiger charge is 2.51. The number of carbonyl (C=O) groups is 3. The fourth-order valence-corrected chi connectivity index (χ4v) is 7.09. The van der Waals surface area contributed by atoms with Crippen LogP contribution in [-0.4, -0.2) is 83.2 Å². The largest absolute Gasteiger partial charge is 0.508 e. The topological polar surface area (TPSA) is 148 Å². The highest BCUT2D eigenvalue weighted by atomic mass is 19.1. The first-order valence-corrected chi connectivity index (χ1v) is 17.5. The van der Waals surface area contributed by atoms with Gasteiger partial charge in [0.15, 0.2) is 0 Å². The van der Waals surface area contributed by atoms with Crippen LogP contribution in [0.15, 0.2) is 120 Å². The Hall–Kier alpha value is -6.67. The summed E-state index contributed by atoms with van der Waals surface area (Å²) in [5.74, 6) is -0.611. The number of nitrogens with zero attached hydrogens (tertiary/aromatic N) is 7. The van der Waals surface area contributed by atoms with Crippen LogP contribution in [-0.2, 0) is 35.6 Å². The number of hydrazine groups is 1. The molecule has 2 aliphatic rings. The highest BCUT2D eigenvalue weighted by Crippen LogP contribution is 2.31. The summed E-state index contributed by atoms with van der Waals surface area (Å²) in [6.07, 6.45) is 0.942. The van der Waals surface area contributed by atoms with Crippen LogP contribution < -0.4 is 5.32 Å². The third kappa shape index (κ3) is 7.06. The first kappa shape index (κ1) is 34.4. The lowest BCUT2D eigenvalue weighted by Crippen LogP contribution is -2.76. The molecule has 2 N–H and O–H groups in total. The zero-order chi connectivity index (χ0) is 37.2. The van der Waals surface area contributed by atoms with Crippen molar-refractivity contribution in [1.82, 2.24) is 40.3 Å². The molecule has 14 heteroatoms. The van der Waals surface area contributed by atoms with E-state index in [1.54, 1.807) is 28.2 Å². The summed E-state index contributed by atoms with van der Waals surface area (Å²) in [5.41, 5.74) is 3.78. The van der Waals surface area contributed by atoms with Crippen LogP contribution in [0.2, 0.25) is 0 Å². The van der Waals surface area contributed by atoms with Gasteiger partial charge < -0.3 is 24.7 Å². The van der Waals surface area contributed by atoms with Gasteiger partial charge in [-0.1, -0.05) is 65.8 Å².